The number of anilines is 3. The number of morpholine rings is 1. The zero-order chi connectivity index (χ0) is 27.5. The zero-order valence-electron chi connectivity index (χ0n) is 21.2. The molecule has 40 heavy (non-hydrogen) atoms. The van der Waals surface area contributed by atoms with E-state index in [1.807, 2.05) is 36.1 Å². The number of nitrogens with one attached hydrogen (secondary N) is 2. The van der Waals surface area contributed by atoms with E-state index in [0.717, 1.165) is 22.7 Å². The quantitative estimate of drug-likeness (QED) is 0.289. The van der Waals surface area contributed by atoms with Crippen LogP contribution in [0, 0.1) is 6.92 Å². The molecule has 0 unspecified atom stereocenters. The number of hydrogen-bond donors (Lipinski definition) is 2. The fraction of sp³-hybridized carbons (Fsp3) is 0.192. The fourth-order valence-electron chi connectivity index (χ4n) is 3.90. The van der Waals surface area contributed by atoms with E-state index in [4.69, 9.17) is 13.6 Å². The van der Waals surface area contributed by atoms with Gasteiger partial charge in [0, 0.05) is 35.9 Å². The van der Waals surface area contributed by atoms with Gasteiger partial charge in [-0.1, -0.05) is 35.9 Å². The molecule has 0 spiro atoms. The van der Waals surface area contributed by atoms with Gasteiger partial charge < -0.3 is 23.8 Å². The number of rotatable bonds is 6. The number of fused-ring (bicyclic) bond motifs is 1. The lowest BCUT2D eigenvalue weighted by atomic mass is 10.2. The molecule has 2 N–H and O–H groups in total. The van der Waals surface area contributed by atoms with Crippen molar-refractivity contribution < 1.29 is 18.4 Å². The van der Waals surface area contributed by atoms with Crippen LogP contribution in [-0.4, -0.2) is 57.5 Å². The Hall–Kier alpha value is -4.82. The highest BCUT2D eigenvalue weighted by Crippen LogP contribution is 2.29. The van der Waals surface area contributed by atoms with Crippen molar-refractivity contribution in [1.82, 2.24) is 25.1 Å². The summed E-state index contributed by atoms with van der Waals surface area (Å²) in [4.78, 5) is 40.4. The van der Waals surface area contributed by atoms with Crippen molar-refractivity contribution in [3.8, 4) is 11.5 Å². The van der Waals surface area contributed by atoms with Gasteiger partial charge in [0.25, 0.3) is 11.1 Å². The first-order valence-corrected chi connectivity index (χ1v) is 13.1. The van der Waals surface area contributed by atoms with E-state index < -0.39 is 11.7 Å². The van der Waals surface area contributed by atoms with Crippen LogP contribution in [0.4, 0.5) is 22.4 Å². The third-order valence-corrected chi connectivity index (χ3v) is 6.59. The Morgan fingerprint density at radius 1 is 0.950 bits per heavy atom. The maximum atomic E-state index is 12.7. The number of amides is 2. The predicted octanol–water partition coefficient (Wildman–Crippen LogP) is 3.97. The van der Waals surface area contributed by atoms with Crippen LogP contribution in [0.15, 0.2) is 78.6 Å². The third kappa shape index (κ3) is 5.77. The highest BCUT2D eigenvalue weighted by atomic mass is 32.2. The van der Waals surface area contributed by atoms with Crippen LogP contribution in [0.2, 0.25) is 0 Å². The first kappa shape index (κ1) is 25.5. The summed E-state index contributed by atoms with van der Waals surface area (Å²) in [6.07, 6.45) is 0. The molecular formula is C26H22N8O5S. The summed E-state index contributed by atoms with van der Waals surface area (Å²) in [5.41, 5.74) is 1.69. The Kier molecular flexibility index (Phi) is 7.08. The largest absolute Gasteiger partial charge is 0.422 e. The van der Waals surface area contributed by atoms with Gasteiger partial charge in [-0.15, -0.1) is 10.2 Å². The first-order chi connectivity index (χ1) is 19.5. The second kappa shape index (κ2) is 11.1. The molecule has 0 atom stereocenters. The lowest BCUT2D eigenvalue weighted by Crippen LogP contribution is -2.37. The minimum atomic E-state index is -0.597. The summed E-state index contributed by atoms with van der Waals surface area (Å²) in [7, 11) is 0. The number of benzene rings is 2. The number of para-hydroxylation sites is 1. The number of aromatic nitrogens is 5. The van der Waals surface area contributed by atoms with Crippen molar-refractivity contribution >= 4 is 46.3 Å². The van der Waals surface area contributed by atoms with Crippen molar-refractivity contribution in [2.45, 2.75) is 17.3 Å². The molecule has 0 aliphatic carbocycles. The smallest absolute Gasteiger partial charge is 0.349 e. The predicted molar refractivity (Wildman–Crippen MR) is 147 cm³/mol. The molecule has 13 nitrogen and oxygen atoms in total. The molecule has 1 fully saturated rings. The fourth-order valence-corrected chi connectivity index (χ4v) is 4.52. The zero-order valence-corrected chi connectivity index (χ0v) is 22.0. The number of urea groups is 1. The number of nitrogens with zero attached hydrogens (tertiary/aromatic N) is 6. The molecule has 0 bridgehead atoms. The summed E-state index contributed by atoms with van der Waals surface area (Å²) in [6.45, 7) is 4.15. The molecule has 1 aliphatic heterocycles. The Bertz CT molecular complexity index is 1730. The maximum Gasteiger partial charge on any atom is 0.349 e. The van der Waals surface area contributed by atoms with E-state index in [9.17, 15) is 9.59 Å². The average Bonchev–Trinajstić information content (AvgIpc) is 3.42. The molecule has 1 aliphatic rings. The number of carbonyl (C=O) groups excluding carboxylic acids is 1. The number of hydrogen-bond acceptors (Lipinski definition) is 12. The van der Waals surface area contributed by atoms with E-state index in [1.54, 1.807) is 30.3 Å². The van der Waals surface area contributed by atoms with E-state index in [1.165, 1.54) is 0 Å². The van der Waals surface area contributed by atoms with E-state index in [2.05, 4.69) is 35.8 Å². The molecule has 2 amide bonds. The van der Waals surface area contributed by atoms with Crippen LogP contribution in [0.25, 0.3) is 22.4 Å². The van der Waals surface area contributed by atoms with Crippen LogP contribution >= 0.6 is 11.8 Å². The van der Waals surface area contributed by atoms with Gasteiger partial charge in [-0.3, -0.25) is 5.32 Å². The van der Waals surface area contributed by atoms with Gasteiger partial charge in [0.05, 0.1) is 13.2 Å². The lowest BCUT2D eigenvalue weighted by molar-refractivity contribution is 0.122. The normalized spacial score (nSPS) is 13.4. The lowest BCUT2D eigenvalue weighted by Gasteiger charge is -2.26. The molecule has 202 valence electrons. The van der Waals surface area contributed by atoms with Gasteiger partial charge in [0.15, 0.2) is 0 Å². The summed E-state index contributed by atoms with van der Waals surface area (Å²) in [5, 5.41) is 14.5. The summed E-state index contributed by atoms with van der Waals surface area (Å²) < 4.78 is 16.6. The molecule has 6 rings (SSSR count). The molecule has 14 heteroatoms. The highest BCUT2D eigenvalue weighted by molar-refractivity contribution is 7.98. The van der Waals surface area contributed by atoms with Crippen molar-refractivity contribution in [2.75, 3.05) is 41.8 Å². The van der Waals surface area contributed by atoms with E-state index in [-0.39, 0.29) is 27.8 Å². The Labute approximate surface area is 231 Å². The average molecular weight is 559 g/mol. The van der Waals surface area contributed by atoms with Gasteiger partial charge in [-0.25, -0.2) is 9.59 Å². The van der Waals surface area contributed by atoms with E-state index >= 15 is 0 Å². The standard InChI is InChI=1S/C26H22N8O5S/c1-15-6-8-17(9-7-15)27-24(36)29-22-28-23(34-10-12-37-13-11-34)31-25(30-22)40-26-33-32-20(39-26)18-14-16-4-2-3-5-19(16)38-21(18)35/h2-9,14H,10-13H2,1H3,(H2,27,28,29,30,31,36). The summed E-state index contributed by atoms with van der Waals surface area (Å²) in [5.74, 6) is 0.403. The Balaban J connectivity index is 1.25. The molecule has 3 aromatic heterocycles. The first-order valence-electron chi connectivity index (χ1n) is 12.3. The summed E-state index contributed by atoms with van der Waals surface area (Å²) in [6, 6.07) is 15.6. The second-order valence-electron chi connectivity index (χ2n) is 8.75. The Morgan fingerprint density at radius 2 is 1.75 bits per heavy atom. The number of ether oxygens (including phenoxy) is 1. The molecule has 0 saturated carbocycles. The topological polar surface area (TPSA) is 161 Å². The van der Waals surface area contributed by atoms with Crippen molar-refractivity contribution in [3.63, 3.8) is 0 Å². The van der Waals surface area contributed by atoms with Crippen LogP contribution in [0.1, 0.15) is 5.56 Å². The van der Waals surface area contributed by atoms with Gasteiger partial charge in [0.1, 0.15) is 11.1 Å². The third-order valence-electron chi connectivity index (χ3n) is 5.89. The number of aryl methyl sites for hydroxylation is 1. The Morgan fingerprint density at radius 3 is 2.58 bits per heavy atom. The second-order valence-corrected chi connectivity index (χ2v) is 9.67. The molecule has 4 heterocycles. The SMILES string of the molecule is Cc1ccc(NC(=O)Nc2nc(Sc3nnc(-c4cc5ccccc5oc4=O)o3)nc(N3CCOCC3)n2)cc1. The molecular weight excluding hydrogens is 536 g/mol. The number of carbonyl (C=O) groups is 1. The molecule has 0 radical (unpaired) electrons. The maximum absolute atomic E-state index is 12.7. The van der Waals surface area contributed by atoms with Gasteiger partial charge in [-0.2, -0.15) is 15.0 Å². The van der Waals surface area contributed by atoms with Crippen molar-refractivity contribution in [2.24, 2.45) is 0 Å². The minimum absolute atomic E-state index is 0.000265. The van der Waals surface area contributed by atoms with Gasteiger partial charge in [0.2, 0.25) is 17.1 Å². The van der Waals surface area contributed by atoms with Crippen LogP contribution < -0.4 is 21.2 Å². The van der Waals surface area contributed by atoms with Crippen molar-refractivity contribution in [3.05, 3.63) is 70.6 Å². The van der Waals surface area contributed by atoms with Gasteiger partial charge >= 0.3 is 11.7 Å². The minimum Gasteiger partial charge on any atom is -0.422 e. The van der Waals surface area contributed by atoms with Gasteiger partial charge in [-0.05, 0) is 31.2 Å². The molecule has 5 aromatic rings. The summed E-state index contributed by atoms with van der Waals surface area (Å²) >= 11 is 0.973. The molecule has 1 saturated heterocycles. The molecule has 2 aromatic carbocycles. The highest BCUT2D eigenvalue weighted by Gasteiger charge is 2.21. The van der Waals surface area contributed by atoms with Crippen LogP contribution in [-0.2, 0) is 4.74 Å². The monoisotopic (exact) mass is 558 g/mol. The van der Waals surface area contributed by atoms with Crippen molar-refractivity contribution in [1.29, 1.82) is 0 Å². The van der Waals surface area contributed by atoms with E-state index in [0.29, 0.717) is 43.5 Å². The van der Waals surface area contributed by atoms with Crippen LogP contribution in [0.5, 0.6) is 0 Å². The van der Waals surface area contributed by atoms with Crippen LogP contribution in [0.3, 0.4) is 0 Å².